The highest BCUT2D eigenvalue weighted by Gasteiger charge is 2.18. The van der Waals surface area contributed by atoms with Crippen molar-refractivity contribution in [1.82, 2.24) is 0 Å². The van der Waals surface area contributed by atoms with Gasteiger partial charge in [0.05, 0.1) is 0 Å². The fraction of sp³-hybridized carbons (Fsp3) is 0.143. The van der Waals surface area contributed by atoms with E-state index in [9.17, 15) is 0 Å². The van der Waals surface area contributed by atoms with Gasteiger partial charge in [0, 0.05) is 0 Å². The second kappa shape index (κ2) is 6.21. The van der Waals surface area contributed by atoms with Gasteiger partial charge in [-0.1, -0.05) is 78.4 Å². The van der Waals surface area contributed by atoms with Gasteiger partial charge in [-0.25, -0.2) is 0 Å². The number of hydrogen-bond donors (Lipinski definition) is 0. The summed E-state index contributed by atoms with van der Waals surface area (Å²) in [6.45, 7) is 9.01. The van der Waals surface area contributed by atoms with Crippen LogP contribution >= 0.6 is 0 Å². The second-order valence-corrected chi connectivity index (χ2v) is 7.96. The molecule has 0 radical (unpaired) electrons. The van der Waals surface area contributed by atoms with Crippen LogP contribution in [0.1, 0.15) is 22.3 Å². The summed E-state index contributed by atoms with van der Waals surface area (Å²) in [5.74, 6) is 0. The van der Waals surface area contributed by atoms with Crippen LogP contribution in [-0.4, -0.2) is 0 Å². The first-order valence-electron chi connectivity index (χ1n) is 9.98. The fourth-order valence-corrected chi connectivity index (χ4v) is 4.80. The van der Waals surface area contributed by atoms with Crippen LogP contribution < -0.4 is 0 Å². The zero-order valence-electron chi connectivity index (χ0n) is 16.9. The minimum Gasteiger partial charge on any atom is -0.0616 e. The monoisotopic (exact) mass is 360 g/mol. The highest BCUT2D eigenvalue weighted by atomic mass is 14.2. The molecule has 0 aliphatic rings. The first-order valence-corrected chi connectivity index (χ1v) is 9.98. The van der Waals surface area contributed by atoms with Crippen LogP contribution in [0.3, 0.4) is 0 Å². The second-order valence-electron chi connectivity index (χ2n) is 7.96. The zero-order chi connectivity index (χ0) is 19.4. The van der Waals surface area contributed by atoms with Crippen molar-refractivity contribution in [3.8, 4) is 11.1 Å². The largest absolute Gasteiger partial charge is 0.0616 e. The molecule has 5 rings (SSSR count). The molecule has 0 heterocycles. The third kappa shape index (κ3) is 2.31. The van der Waals surface area contributed by atoms with Crippen molar-refractivity contribution in [2.24, 2.45) is 0 Å². The highest BCUT2D eigenvalue weighted by Crippen LogP contribution is 2.44. The lowest BCUT2D eigenvalue weighted by Crippen LogP contribution is -1.97. The van der Waals surface area contributed by atoms with Crippen molar-refractivity contribution in [3.63, 3.8) is 0 Å². The predicted molar refractivity (Wildman–Crippen MR) is 123 cm³/mol. The van der Waals surface area contributed by atoms with Crippen LogP contribution in [0.2, 0.25) is 0 Å². The summed E-state index contributed by atoms with van der Waals surface area (Å²) in [7, 11) is 0. The van der Waals surface area contributed by atoms with Crippen molar-refractivity contribution in [2.45, 2.75) is 27.7 Å². The molecule has 5 aromatic rings. The molecule has 0 N–H and O–H groups in total. The molecule has 0 unspecified atom stereocenters. The summed E-state index contributed by atoms with van der Waals surface area (Å²) >= 11 is 0. The number of fused-ring (bicyclic) bond motifs is 6. The van der Waals surface area contributed by atoms with E-state index in [0.29, 0.717) is 0 Å². The van der Waals surface area contributed by atoms with E-state index in [1.165, 1.54) is 65.7 Å². The Bertz CT molecular complexity index is 1390. The molecule has 0 atom stereocenters. The fourth-order valence-electron chi connectivity index (χ4n) is 4.80. The molecule has 0 aliphatic carbocycles. The van der Waals surface area contributed by atoms with Crippen molar-refractivity contribution in [1.29, 1.82) is 0 Å². The number of benzene rings is 5. The quantitative estimate of drug-likeness (QED) is 0.265. The lowest BCUT2D eigenvalue weighted by Gasteiger charge is -2.21. The minimum atomic E-state index is 1.30. The van der Waals surface area contributed by atoms with Crippen molar-refractivity contribution < 1.29 is 0 Å². The molecule has 0 bridgehead atoms. The maximum atomic E-state index is 2.32. The Morgan fingerprint density at radius 2 is 1.04 bits per heavy atom. The highest BCUT2D eigenvalue weighted by molar-refractivity contribution is 6.29. The van der Waals surface area contributed by atoms with E-state index in [0.717, 1.165) is 0 Å². The van der Waals surface area contributed by atoms with Gasteiger partial charge in [-0.2, -0.15) is 0 Å². The molecule has 136 valence electrons. The van der Waals surface area contributed by atoms with Gasteiger partial charge in [0.15, 0.2) is 0 Å². The van der Waals surface area contributed by atoms with E-state index in [1.807, 2.05) is 0 Å². The molecule has 0 aliphatic heterocycles. The van der Waals surface area contributed by atoms with Crippen LogP contribution in [0.5, 0.6) is 0 Å². The van der Waals surface area contributed by atoms with E-state index < -0.39 is 0 Å². The van der Waals surface area contributed by atoms with Crippen LogP contribution in [0, 0.1) is 27.7 Å². The molecular weight excluding hydrogens is 336 g/mol. The Labute approximate surface area is 166 Å². The molecule has 0 saturated heterocycles. The van der Waals surface area contributed by atoms with Crippen molar-refractivity contribution in [2.75, 3.05) is 0 Å². The molecule has 0 fully saturated rings. The van der Waals surface area contributed by atoms with Crippen LogP contribution in [0.15, 0.2) is 72.8 Å². The third-order valence-electron chi connectivity index (χ3n) is 6.36. The van der Waals surface area contributed by atoms with Gasteiger partial charge >= 0.3 is 0 Å². The van der Waals surface area contributed by atoms with Crippen LogP contribution in [0.25, 0.3) is 43.4 Å². The number of aryl methyl sites for hydroxylation is 2. The van der Waals surface area contributed by atoms with Crippen LogP contribution in [0.4, 0.5) is 0 Å². The first-order chi connectivity index (χ1) is 13.6. The van der Waals surface area contributed by atoms with Gasteiger partial charge in [-0.15, -0.1) is 0 Å². The summed E-state index contributed by atoms with van der Waals surface area (Å²) < 4.78 is 0. The van der Waals surface area contributed by atoms with Gasteiger partial charge in [-0.05, 0) is 87.8 Å². The molecular formula is C28H24. The predicted octanol–water partition coefficient (Wildman–Crippen LogP) is 8.05. The van der Waals surface area contributed by atoms with Gasteiger partial charge in [-0.3, -0.25) is 0 Å². The summed E-state index contributed by atoms with van der Waals surface area (Å²) in [5, 5.41) is 8.16. The number of rotatable bonds is 1. The van der Waals surface area contributed by atoms with Gasteiger partial charge < -0.3 is 0 Å². The molecule has 0 amide bonds. The molecule has 28 heavy (non-hydrogen) atoms. The van der Waals surface area contributed by atoms with E-state index in [4.69, 9.17) is 0 Å². The Morgan fingerprint density at radius 3 is 1.64 bits per heavy atom. The Hall–Kier alpha value is -3.12. The molecule has 0 nitrogen and oxygen atoms in total. The Balaban J connectivity index is 2.16. The molecule has 0 spiro atoms. The maximum absolute atomic E-state index is 2.32. The van der Waals surface area contributed by atoms with E-state index in [2.05, 4.69) is 100 Å². The summed E-state index contributed by atoms with van der Waals surface area (Å²) in [5.41, 5.74) is 8.16. The Kier molecular flexibility index (Phi) is 3.77. The maximum Gasteiger partial charge on any atom is -0.00148 e. The molecule has 0 saturated carbocycles. The summed E-state index contributed by atoms with van der Waals surface area (Å²) in [4.78, 5) is 0. The normalized spacial score (nSPS) is 11.6. The average Bonchev–Trinajstić information content (AvgIpc) is 2.72. The minimum absolute atomic E-state index is 1.30. The SMILES string of the molecule is Cc1cccc(-c2c(C)c(C)c(C)c3c4ccccc4c4ccccc4c23)c1. The standard InChI is InChI=1S/C28H24/c1-17-10-9-11-21(16-17)26-19(3)18(2)20(4)27-24-14-7-5-12-22(24)23-13-6-8-15-25(23)28(26)27/h5-16H,1-4H3. The lowest BCUT2D eigenvalue weighted by atomic mass is 9.82. The van der Waals surface area contributed by atoms with Gasteiger partial charge in [0.2, 0.25) is 0 Å². The smallest absolute Gasteiger partial charge is 0.00148 e. The van der Waals surface area contributed by atoms with E-state index >= 15 is 0 Å². The number of hydrogen-bond acceptors (Lipinski definition) is 0. The average molecular weight is 361 g/mol. The van der Waals surface area contributed by atoms with Gasteiger partial charge in [0.25, 0.3) is 0 Å². The molecule has 0 aromatic heterocycles. The zero-order valence-corrected chi connectivity index (χ0v) is 16.9. The first kappa shape index (κ1) is 17.0. The summed E-state index contributed by atoms with van der Waals surface area (Å²) in [6, 6.07) is 26.7. The Morgan fingerprint density at radius 1 is 0.464 bits per heavy atom. The lowest BCUT2D eigenvalue weighted by molar-refractivity contribution is 1.30. The van der Waals surface area contributed by atoms with Crippen LogP contribution in [-0.2, 0) is 0 Å². The topological polar surface area (TPSA) is 0 Å². The molecule has 0 heteroatoms. The van der Waals surface area contributed by atoms with Gasteiger partial charge in [0.1, 0.15) is 0 Å². The van der Waals surface area contributed by atoms with E-state index in [-0.39, 0.29) is 0 Å². The summed E-state index contributed by atoms with van der Waals surface area (Å²) in [6.07, 6.45) is 0. The van der Waals surface area contributed by atoms with Crippen molar-refractivity contribution >= 4 is 32.3 Å². The molecule has 5 aromatic carbocycles. The third-order valence-corrected chi connectivity index (χ3v) is 6.36. The van der Waals surface area contributed by atoms with Crippen molar-refractivity contribution in [3.05, 3.63) is 95.1 Å². The van der Waals surface area contributed by atoms with E-state index in [1.54, 1.807) is 0 Å².